The molecule has 0 aliphatic heterocycles. The Morgan fingerprint density at radius 2 is 2.06 bits per heavy atom. The molecule has 3 heteroatoms. The summed E-state index contributed by atoms with van der Waals surface area (Å²) in [6.07, 6.45) is 5.02. The molecule has 0 unspecified atom stereocenters. The molecule has 2 aliphatic carbocycles. The number of benzene rings is 1. The first-order valence-electron chi connectivity index (χ1n) is 6.76. The molecule has 0 bridgehead atoms. The predicted molar refractivity (Wildman–Crippen MR) is 71.2 cm³/mol. The number of hydrogen-bond donors (Lipinski definition) is 1. The van der Waals surface area contributed by atoms with Crippen molar-refractivity contribution in [3.8, 4) is 0 Å². The van der Waals surface area contributed by atoms with E-state index in [-0.39, 0.29) is 0 Å². The summed E-state index contributed by atoms with van der Waals surface area (Å²) >= 11 is 0. The molecule has 0 radical (unpaired) electrons. The van der Waals surface area contributed by atoms with Crippen molar-refractivity contribution in [1.82, 2.24) is 0 Å². The molecule has 0 heterocycles. The minimum absolute atomic E-state index is 0.461. The van der Waals surface area contributed by atoms with Gasteiger partial charge in [0.2, 0.25) is 0 Å². The van der Waals surface area contributed by atoms with Crippen LogP contribution in [0.4, 0.5) is 5.69 Å². The molecule has 3 nitrogen and oxygen atoms in total. The summed E-state index contributed by atoms with van der Waals surface area (Å²) < 4.78 is 0. The summed E-state index contributed by atoms with van der Waals surface area (Å²) in [6, 6.07) is 6.16. The first kappa shape index (κ1) is 11.6. The maximum absolute atomic E-state index is 11.4. The monoisotopic (exact) mass is 245 g/mol. The van der Waals surface area contributed by atoms with E-state index < -0.39 is 5.97 Å². The Balaban J connectivity index is 1.98. The number of carboxylic acid groups (broad SMARTS) is 1. The van der Waals surface area contributed by atoms with Gasteiger partial charge in [-0.05, 0) is 50.2 Å². The average Bonchev–Trinajstić information content (AvgIpc) is 3.19. The van der Waals surface area contributed by atoms with Crippen LogP contribution in [-0.2, 0) is 0 Å². The lowest BCUT2D eigenvalue weighted by Crippen LogP contribution is -2.30. The lowest BCUT2D eigenvalue weighted by atomic mass is 10.1. The highest BCUT2D eigenvalue weighted by Crippen LogP contribution is 2.40. The van der Waals surface area contributed by atoms with Crippen molar-refractivity contribution in [3.05, 3.63) is 29.3 Å². The van der Waals surface area contributed by atoms with Gasteiger partial charge in [-0.3, -0.25) is 0 Å². The van der Waals surface area contributed by atoms with Gasteiger partial charge in [-0.1, -0.05) is 12.1 Å². The van der Waals surface area contributed by atoms with Crippen molar-refractivity contribution < 1.29 is 9.90 Å². The summed E-state index contributed by atoms with van der Waals surface area (Å²) in [5.41, 5.74) is 2.50. The average molecular weight is 245 g/mol. The zero-order chi connectivity index (χ0) is 12.7. The zero-order valence-electron chi connectivity index (χ0n) is 10.7. The topological polar surface area (TPSA) is 40.5 Å². The first-order valence-corrected chi connectivity index (χ1v) is 6.76. The molecule has 0 aromatic heterocycles. The van der Waals surface area contributed by atoms with Gasteiger partial charge in [0, 0.05) is 12.6 Å². The fourth-order valence-corrected chi connectivity index (χ4v) is 2.60. The fourth-order valence-electron chi connectivity index (χ4n) is 2.60. The highest BCUT2D eigenvalue weighted by Gasteiger charge is 2.35. The number of carbonyl (C=O) groups is 1. The van der Waals surface area contributed by atoms with Crippen molar-refractivity contribution in [2.45, 2.75) is 38.6 Å². The van der Waals surface area contributed by atoms with Gasteiger partial charge in [0.25, 0.3) is 0 Å². The number of aromatic carboxylic acids is 1. The van der Waals surface area contributed by atoms with E-state index in [9.17, 15) is 9.90 Å². The Morgan fingerprint density at radius 1 is 1.33 bits per heavy atom. The fraction of sp³-hybridized carbons (Fsp3) is 0.533. The third kappa shape index (κ3) is 2.22. The summed E-state index contributed by atoms with van der Waals surface area (Å²) in [4.78, 5) is 13.8. The maximum Gasteiger partial charge on any atom is 0.337 e. The van der Waals surface area contributed by atoms with Gasteiger partial charge in [0.15, 0.2) is 0 Å². The minimum atomic E-state index is -0.810. The molecule has 18 heavy (non-hydrogen) atoms. The van der Waals surface area contributed by atoms with Crippen molar-refractivity contribution in [2.75, 3.05) is 11.4 Å². The molecular formula is C15H19NO2. The highest BCUT2D eigenvalue weighted by atomic mass is 16.4. The number of hydrogen-bond acceptors (Lipinski definition) is 2. The Hall–Kier alpha value is -1.51. The number of aryl methyl sites for hydroxylation is 1. The first-order chi connectivity index (χ1) is 8.66. The third-order valence-corrected chi connectivity index (χ3v) is 3.89. The lowest BCUT2D eigenvalue weighted by molar-refractivity contribution is 0.0697. The van der Waals surface area contributed by atoms with E-state index in [0.29, 0.717) is 11.6 Å². The Labute approximate surface area is 107 Å². The molecule has 2 aliphatic rings. The summed E-state index contributed by atoms with van der Waals surface area (Å²) in [5.74, 6) is -0.0259. The SMILES string of the molecule is Cc1cccc(C(=O)O)c1N(CC1CC1)C1CC1. The predicted octanol–water partition coefficient (Wildman–Crippen LogP) is 3.07. The second-order valence-electron chi connectivity index (χ2n) is 5.60. The van der Waals surface area contributed by atoms with Gasteiger partial charge in [-0.2, -0.15) is 0 Å². The Kier molecular flexibility index (Phi) is 2.77. The van der Waals surface area contributed by atoms with Gasteiger partial charge in [-0.25, -0.2) is 4.79 Å². The van der Waals surface area contributed by atoms with Crippen LogP contribution in [0.25, 0.3) is 0 Å². The third-order valence-electron chi connectivity index (χ3n) is 3.89. The molecular weight excluding hydrogens is 226 g/mol. The second kappa shape index (κ2) is 4.30. The van der Waals surface area contributed by atoms with Crippen molar-refractivity contribution >= 4 is 11.7 Å². The summed E-state index contributed by atoms with van der Waals surface area (Å²) in [7, 11) is 0. The van der Waals surface area contributed by atoms with E-state index >= 15 is 0 Å². The smallest absolute Gasteiger partial charge is 0.337 e. The molecule has 3 rings (SSSR count). The molecule has 0 saturated heterocycles. The molecule has 0 spiro atoms. The van der Waals surface area contributed by atoms with Gasteiger partial charge >= 0.3 is 5.97 Å². The number of carboxylic acids is 1. The van der Waals surface area contributed by atoms with Crippen LogP contribution in [0.1, 0.15) is 41.6 Å². The van der Waals surface area contributed by atoms with Crippen molar-refractivity contribution in [3.63, 3.8) is 0 Å². The minimum Gasteiger partial charge on any atom is -0.478 e. The van der Waals surface area contributed by atoms with E-state index in [1.165, 1.54) is 25.7 Å². The largest absolute Gasteiger partial charge is 0.478 e. The van der Waals surface area contributed by atoms with E-state index in [4.69, 9.17) is 0 Å². The summed E-state index contributed by atoms with van der Waals surface area (Å²) in [6.45, 7) is 3.06. The molecule has 1 aromatic carbocycles. The van der Waals surface area contributed by atoms with Crippen molar-refractivity contribution in [1.29, 1.82) is 0 Å². The van der Waals surface area contributed by atoms with E-state index in [1.807, 2.05) is 19.1 Å². The van der Waals surface area contributed by atoms with Gasteiger partial charge in [0.05, 0.1) is 11.3 Å². The number of anilines is 1. The van der Waals surface area contributed by atoms with Crippen LogP contribution in [0, 0.1) is 12.8 Å². The Bertz CT molecular complexity index is 475. The van der Waals surface area contributed by atoms with Crippen molar-refractivity contribution in [2.24, 2.45) is 5.92 Å². The normalized spacial score (nSPS) is 18.7. The van der Waals surface area contributed by atoms with Crippen LogP contribution in [-0.4, -0.2) is 23.7 Å². The van der Waals surface area contributed by atoms with Gasteiger partial charge in [0.1, 0.15) is 0 Å². The second-order valence-corrected chi connectivity index (χ2v) is 5.60. The molecule has 0 amide bonds. The van der Waals surface area contributed by atoms with Gasteiger partial charge in [-0.15, -0.1) is 0 Å². The van der Waals surface area contributed by atoms with Crippen LogP contribution in [0.3, 0.4) is 0 Å². The lowest BCUT2D eigenvalue weighted by Gasteiger charge is -2.28. The Morgan fingerprint density at radius 3 is 2.61 bits per heavy atom. The van der Waals surface area contributed by atoms with Crippen LogP contribution in [0.2, 0.25) is 0 Å². The molecule has 2 fully saturated rings. The summed E-state index contributed by atoms with van der Waals surface area (Å²) in [5, 5.41) is 9.36. The highest BCUT2D eigenvalue weighted by molar-refractivity contribution is 5.95. The number of nitrogens with zero attached hydrogens (tertiary/aromatic N) is 1. The molecule has 0 atom stereocenters. The standard InChI is InChI=1S/C15H19NO2/c1-10-3-2-4-13(15(17)18)14(10)16(12-7-8-12)9-11-5-6-11/h2-4,11-12H,5-9H2,1H3,(H,17,18). The zero-order valence-corrected chi connectivity index (χ0v) is 10.7. The number of para-hydroxylation sites is 1. The maximum atomic E-state index is 11.4. The van der Waals surface area contributed by atoms with Crippen LogP contribution >= 0.6 is 0 Å². The molecule has 2 saturated carbocycles. The van der Waals surface area contributed by atoms with E-state index in [1.54, 1.807) is 6.07 Å². The van der Waals surface area contributed by atoms with Crippen LogP contribution < -0.4 is 4.90 Å². The molecule has 1 N–H and O–H groups in total. The molecule has 1 aromatic rings. The van der Waals surface area contributed by atoms with Crippen LogP contribution in [0.15, 0.2) is 18.2 Å². The quantitative estimate of drug-likeness (QED) is 0.866. The molecule has 96 valence electrons. The number of rotatable bonds is 5. The van der Waals surface area contributed by atoms with E-state index in [2.05, 4.69) is 4.90 Å². The van der Waals surface area contributed by atoms with Gasteiger partial charge < -0.3 is 10.0 Å². The van der Waals surface area contributed by atoms with Crippen LogP contribution in [0.5, 0.6) is 0 Å². The van der Waals surface area contributed by atoms with E-state index in [0.717, 1.165) is 23.7 Å².